The fraction of sp³-hybridized carbons (Fsp3) is 0.625. The topological polar surface area (TPSA) is 21.3 Å². The maximum Gasteiger partial charge on any atom is 0.119 e. The van der Waals surface area contributed by atoms with Gasteiger partial charge in [-0.25, -0.2) is 0 Å². The number of hydrogen-bond acceptors (Lipinski definition) is 2. The highest BCUT2D eigenvalue weighted by Gasteiger charge is 1.97. The zero-order chi connectivity index (χ0) is 13.2. The summed E-state index contributed by atoms with van der Waals surface area (Å²) in [5, 5.41) is 3.42. The quantitative estimate of drug-likeness (QED) is 0.640. The van der Waals surface area contributed by atoms with Gasteiger partial charge in [-0.1, -0.05) is 33.6 Å². The molecule has 1 N–H and O–H groups in total. The minimum Gasteiger partial charge on any atom is -0.494 e. The van der Waals surface area contributed by atoms with Gasteiger partial charge in [-0.2, -0.15) is 0 Å². The summed E-state index contributed by atoms with van der Waals surface area (Å²) in [5.41, 5.74) is 1.18. The van der Waals surface area contributed by atoms with Gasteiger partial charge in [0, 0.05) is 12.2 Å². The molecular formula is C16H27NO. The molecule has 0 atom stereocenters. The Morgan fingerprint density at radius 1 is 1.11 bits per heavy atom. The smallest absolute Gasteiger partial charge is 0.119 e. The molecule has 0 heterocycles. The summed E-state index contributed by atoms with van der Waals surface area (Å²) in [6.07, 6.45) is 4.83. The highest BCUT2D eigenvalue weighted by molar-refractivity contribution is 5.46. The van der Waals surface area contributed by atoms with Crippen LogP contribution in [-0.4, -0.2) is 13.2 Å². The first-order valence-electron chi connectivity index (χ1n) is 7.19. The van der Waals surface area contributed by atoms with Gasteiger partial charge in [0.05, 0.1) is 6.61 Å². The van der Waals surface area contributed by atoms with E-state index in [0.717, 1.165) is 31.2 Å². The van der Waals surface area contributed by atoms with Crippen LogP contribution in [0.5, 0.6) is 5.75 Å². The Hall–Kier alpha value is -1.18. The van der Waals surface area contributed by atoms with Crippen molar-refractivity contribution in [2.75, 3.05) is 18.5 Å². The van der Waals surface area contributed by atoms with Crippen molar-refractivity contribution in [1.82, 2.24) is 0 Å². The average molecular weight is 249 g/mol. The van der Waals surface area contributed by atoms with Crippen molar-refractivity contribution < 1.29 is 4.74 Å². The van der Waals surface area contributed by atoms with Crippen molar-refractivity contribution in [2.24, 2.45) is 5.92 Å². The fourth-order valence-electron chi connectivity index (χ4n) is 1.72. The van der Waals surface area contributed by atoms with Gasteiger partial charge in [0.1, 0.15) is 5.75 Å². The number of anilines is 1. The predicted molar refractivity (Wildman–Crippen MR) is 79.4 cm³/mol. The first kappa shape index (κ1) is 14.9. The third-order valence-corrected chi connectivity index (χ3v) is 2.92. The van der Waals surface area contributed by atoms with Crippen LogP contribution in [-0.2, 0) is 0 Å². The molecule has 18 heavy (non-hydrogen) atoms. The molecule has 1 rings (SSSR count). The Labute approximate surface area is 112 Å². The molecule has 2 nitrogen and oxygen atoms in total. The fourth-order valence-corrected chi connectivity index (χ4v) is 1.72. The standard InChI is InChI=1S/C16H27NO/c1-4-5-6-13-18-16-9-7-15(8-10-16)17-12-11-14(2)3/h7-10,14,17H,4-6,11-13H2,1-3H3. The lowest BCUT2D eigenvalue weighted by atomic mass is 10.1. The molecule has 0 spiro atoms. The number of nitrogens with one attached hydrogen (secondary N) is 1. The Morgan fingerprint density at radius 2 is 1.83 bits per heavy atom. The average Bonchev–Trinajstić information content (AvgIpc) is 2.36. The number of ether oxygens (including phenoxy) is 1. The molecule has 0 aliphatic carbocycles. The number of hydrogen-bond donors (Lipinski definition) is 1. The van der Waals surface area contributed by atoms with E-state index in [2.05, 4.69) is 38.2 Å². The summed E-state index contributed by atoms with van der Waals surface area (Å²) >= 11 is 0. The summed E-state index contributed by atoms with van der Waals surface area (Å²) in [6, 6.07) is 8.28. The predicted octanol–water partition coefficient (Wildman–Crippen LogP) is 4.71. The van der Waals surface area contributed by atoms with Gasteiger partial charge in [-0.05, 0) is 43.0 Å². The molecule has 0 amide bonds. The first-order valence-corrected chi connectivity index (χ1v) is 7.19. The van der Waals surface area contributed by atoms with E-state index in [-0.39, 0.29) is 0 Å². The van der Waals surface area contributed by atoms with Gasteiger partial charge in [-0.3, -0.25) is 0 Å². The van der Waals surface area contributed by atoms with Gasteiger partial charge in [0.15, 0.2) is 0 Å². The molecule has 0 aromatic heterocycles. The molecule has 2 heteroatoms. The Balaban J connectivity index is 2.24. The summed E-state index contributed by atoms with van der Waals surface area (Å²) in [7, 11) is 0. The Bertz CT molecular complexity index is 305. The van der Waals surface area contributed by atoms with E-state index < -0.39 is 0 Å². The Kier molecular flexibility index (Phi) is 7.31. The lowest BCUT2D eigenvalue weighted by molar-refractivity contribution is 0.306. The van der Waals surface area contributed by atoms with Crippen molar-refractivity contribution in [3.63, 3.8) is 0 Å². The molecule has 0 aliphatic rings. The summed E-state index contributed by atoms with van der Waals surface area (Å²) in [6.45, 7) is 8.56. The molecule has 0 fully saturated rings. The number of rotatable bonds is 9. The molecule has 0 bridgehead atoms. The van der Waals surface area contributed by atoms with E-state index >= 15 is 0 Å². The highest BCUT2D eigenvalue weighted by atomic mass is 16.5. The van der Waals surface area contributed by atoms with Crippen LogP contribution in [0.1, 0.15) is 46.5 Å². The van der Waals surface area contributed by atoms with Crippen LogP contribution in [0.2, 0.25) is 0 Å². The molecule has 102 valence electrons. The van der Waals surface area contributed by atoms with Crippen molar-refractivity contribution in [1.29, 1.82) is 0 Å². The first-order chi connectivity index (χ1) is 8.72. The minimum absolute atomic E-state index is 0.749. The number of unbranched alkanes of at least 4 members (excludes halogenated alkanes) is 2. The van der Waals surface area contributed by atoms with Crippen molar-refractivity contribution in [3.8, 4) is 5.75 Å². The van der Waals surface area contributed by atoms with E-state index in [9.17, 15) is 0 Å². The van der Waals surface area contributed by atoms with Crippen molar-refractivity contribution >= 4 is 5.69 Å². The summed E-state index contributed by atoms with van der Waals surface area (Å²) < 4.78 is 5.68. The monoisotopic (exact) mass is 249 g/mol. The second-order valence-corrected chi connectivity index (χ2v) is 5.19. The molecule has 0 radical (unpaired) electrons. The van der Waals surface area contributed by atoms with E-state index in [0.29, 0.717) is 0 Å². The molecule has 0 unspecified atom stereocenters. The second-order valence-electron chi connectivity index (χ2n) is 5.19. The highest BCUT2D eigenvalue weighted by Crippen LogP contribution is 2.16. The largest absolute Gasteiger partial charge is 0.494 e. The van der Waals surface area contributed by atoms with E-state index in [1.165, 1.54) is 24.9 Å². The maximum absolute atomic E-state index is 5.68. The minimum atomic E-state index is 0.749. The second kappa shape index (κ2) is 8.84. The number of benzene rings is 1. The van der Waals surface area contributed by atoms with Crippen LogP contribution < -0.4 is 10.1 Å². The maximum atomic E-state index is 5.68. The van der Waals surface area contributed by atoms with Crippen LogP contribution in [0.4, 0.5) is 5.69 Å². The van der Waals surface area contributed by atoms with E-state index in [1.54, 1.807) is 0 Å². The summed E-state index contributed by atoms with van der Waals surface area (Å²) in [5.74, 6) is 1.72. The van der Waals surface area contributed by atoms with Crippen molar-refractivity contribution in [3.05, 3.63) is 24.3 Å². The van der Waals surface area contributed by atoms with Crippen LogP contribution in [0.3, 0.4) is 0 Å². The van der Waals surface area contributed by atoms with E-state index in [4.69, 9.17) is 4.74 Å². The van der Waals surface area contributed by atoms with Crippen LogP contribution >= 0.6 is 0 Å². The molecule has 0 aliphatic heterocycles. The van der Waals surface area contributed by atoms with Gasteiger partial charge in [0.2, 0.25) is 0 Å². The molecule has 1 aromatic carbocycles. The molecule has 0 saturated carbocycles. The third-order valence-electron chi connectivity index (χ3n) is 2.92. The Morgan fingerprint density at radius 3 is 2.44 bits per heavy atom. The zero-order valence-corrected chi connectivity index (χ0v) is 12.0. The van der Waals surface area contributed by atoms with Crippen LogP contribution in [0.15, 0.2) is 24.3 Å². The van der Waals surface area contributed by atoms with Gasteiger partial charge in [-0.15, -0.1) is 0 Å². The van der Waals surface area contributed by atoms with Crippen LogP contribution in [0.25, 0.3) is 0 Å². The van der Waals surface area contributed by atoms with Gasteiger partial charge in [0.25, 0.3) is 0 Å². The van der Waals surface area contributed by atoms with Gasteiger partial charge < -0.3 is 10.1 Å². The third kappa shape index (κ3) is 6.53. The van der Waals surface area contributed by atoms with E-state index in [1.807, 2.05) is 12.1 Å². The van der Waals surface area contributed by atoms with Crippen LogP contribution in [0, 0.1) is 5.92 Å². The lowest BCUT2D eigenvalue weighted by Crippen LogP contribution is -2.04. The molecule has 1 aromatic rings. The molecular weight excluding hydrogens is 222 g/mol. The lowest BCUT2D eigenvalue weighted by Gasteiger charge is -2.10. The molecule has 0 saturated heterocycles. The SMILES string of the molecule is CCCCCOc1ccc(NCCC(C)C)cc1. The normalized spacial score (nSPS) is 10.7. The van der Waals surface area contributed by atoms with Gasteiger partial charge >= 0.3 is 0 Å². The zero-order valence-electron chi connectivity index (χ0n) is 12.0. The van der Waals surface area contributed by atoms with Crippen molar-refractivity contribution in [2.45, 2.75) is 46.5 Å². The summed E-state index contributed by atoms with van der Waals surface area (Å²) in [4.78, 5) is 0.